The second kappa shape index (κ2) is 20.2. The van der Waals surface area contributed by atoms with Crippen molar-refractivity contribution < 1.29 is 47.1 Å². The van der Waals surface area contributed by atoms with Crippen LogP contribution in [0.15, 0.2) is 86.5 Å². The number of hydrogen-bond donors (Lipinski definition) is 6. The number of carboxylic acid groups (broad SMARTS) is 1. The number of fused-ring (bicyclic) bond motifs is 2. The Balaban J connectivity index is 0.000000183. The molecule has 5 aliphatic rings. The third-order valence-electron chi connectivity index (χ3n) is 11.1. The van der Waals surface area contributed by atoms with Gasteiger partial charge in [-0.15, -0.1) is 0 Å². The molecule has 4 saturated heterocycles. The van der Waals surface area contributed by atoms with Gasteiger partial charge in [0.15, 0.2) is 11.9 Å². The minimum atomic E-state index is -3.48. The van der Waals surface area contributed by atoms with E-state index >= 15 is 0 Å². The fourth-order valence-corrected chi connectivity index (χ4v) is 9.56. The Kier molecular flexibility index (Phi) is 15.8. The SMILES string of the molecule is CC(C)N=C(N)/N=C(\N)Nc1ccc(Cl)c(Cl)c1.C[C@H]1[C@H](OC(=O)CCC(=O)O)O[C@@H]2O[C@@]3(C)CC[C@H]4[C@H](C)CC[C@@H]1[C@@]24OO3.Nc1ccc(S(=O)(=O)c2ccc(N)cc2)cc1. The molecule has 1 saturated carbocycles. The number of nitrogens with one attached hydrogen (secondary N) is 1. The van der Waals surface area contributed by atoms with Crippen LogP contribution >= 0.6 is 23.2 Å². The minimum Gasteiger partial charge on any atom is -0.481 e. The number of halogens is 2. The Bertz CT molecular complexity index is 2180. The molecule has 0 radical (unpaired) electrons. The van der Waals surface area contributed by atoms with E-state index in [2.05, 4.69) is 22.2 Å². The zero-order valence-corrected chi connectivity index (χ0v) is 37.5. The molecule has 1 aliphatic carbocycles. The van der Waals surface area contributed by atoms with Crippen LogP contribution < -0.4 is 28.3 Å². The summed E-state index contributed by atoms with van der Waals surface area (Å²) in [6.07, 6.45) is 1.72. The molecule has 0 unspecified atom stereocenters. The number of hydrogen-bond acceptors (Lipinski definition) is 12. The number of sulfone groups is 1. The molecule has 20 heteroatoms. The molecule has 4 aliphatic heterocycles. The van der Waals surface area contributed by atoms with Crippen molar-refractivity contribution in [2.75, 3.05) is 16.8 Å². The summed E-state index contributed by atoms with van der Waals surface area (Å²) >= 11 is 11.7. The monoisotopic (exact) mass is 919 g/mol. The number of nitrogens with zero attached hydrogens (tertiary/aromatic N) is 2. The first-order valence-electron chi connectivity index (χ1n) is 20.1. The van der Waals surface area contributed by atoms with E-state index in [1.807, 2.05) is 27.7 Å². The van der Waals surface area contributed by atoms with Crippen molar-refractivity contribution in [3.8, 4) is 0 Å². The van der Waals surface area contributed by atoms with Gasteiger partial charge >= 0.3 is 11.9 Å². The number of rotatable bonds is 8. The Morgan fingerprint density at radius 3 is 2.08 bits per heavy atom. The maximum Gasteiger partial charge on any atom is 0.308 e. The number of benzene rings is 3. The average Bonchev–Trinajstić information content (AvgIpc) is 3.43. The molecule has 0 amide bonds. The Hall–Kier alpha value is -4.69. The number of guanidine groups is 2. The van der Waals surface area contributed by atoms with Crippen LogP contribution in [0.25, 0.3) is 0 Å². The number of carboxylic acids is 1. The van der Waals surface area contributed by atoms with E-state index in [4.69, 9.17) is 75.2 Å². The molecule has 8 rings (SSSR count). The summed E-state index contributed by atoms with van der Waals surface area (Å²) in [4.78, 5) is 42.9. The van der Waals surface area contributed by atoms with Gasteiger partial charge in [-0.25, -0.2) is 23.2 Å². The molecule has 5 fully saturated rings. The van der Waals surface area contributed by atoms with Gasteiger partial charge in [-0.2, -0.15) is 4.99 Å². The van der Waals surface area contributed by atoms with Crippen LogP contribution in [0, 0.1) is 23.7 Å². The average molecular weight is 921 g/mol. The predicted octanol–water partition coefficient (Wildman–Crippen LogP) is 6.73. The quantitative estimate of drug-likeness (QED) is 0.0449. The summed E-state index contributed by atoms with van der Waals surface area (Å²) in [6, 6.07) is 17.3. The largest absolute Gasteiger partial charge is 0.481 e. The molecule has 62 heavy (non-hydrogen) atoms. The maximum absolute atomic E-state index is 12.2. The number of aliphatic carboxylic acids is 1. The second-order valence-corrected chi connectivity index (χ2v) is 18.9. The summed E-state index contributed by atoms with van der Waals surface area (Å²) < 4.78 is 42.1. The third kappa shape index (κ3) is 11.7. The van der Waals surface area contributed by atoms with E-state index in [9.17, 15) is 18.0 Å². The van der Waals surface area contributed by atoms with E-state index in [0.29, 0.717) is 39.4 Å². The topological polar surface area (TPSA) is 275 Å². The normalized spacial score (nSPS) is 27.9. The van der Waals surface area contributed by atoms with Gasteiger partial charge in [-0.3, -0.25) is 9.59 Å². The molecule has 338 valence electrons. The van der Waals surface area contributed by atoms with Crippen molar-refractivity contribution >= 4 is 74.0 Å². The first-order chi connectivity index (χ1) is 29.1. The highest BCUT2D eigenvalue weighted by molar-refractivity contribution is 7.91. The van der Waals surface area contributed by atoms with Crippen LogP contribution in [0.3, 0.4) is 0 Å². The molecule has 8 atom stereocenters. The van der Waals surface area contributed by atoms with Gasteiger partial charge in [0.2, 0.25) is 33.8 Å². The molecular weight excluding hydrogens is 865 g/mol. The van der Waals surface area contributed by atoms with Gasteiger partial charge in [-0.05, 0) is 119 Å². The molecule has 2 bridgehead atoms. The minimum absolute atomic E-state index is 0.0616. The fraction of sp³-hybridized carbons (Fsp3) is 0.476. The van der Waals surface area contributed by atoms with E-state index in [-0.39, 0.29) is 58.3 Å². The van der Waals surface area contributed by atoms with Crippen molar-refractivity contribution in [1.29, 1.82) is 0 Å². The molecule has 0 aromatic heterocycles. The first-order valence-corrected chi connectivity index (χ1v) is 22.3. The summed E-state index contributed by atoms with van der Waals surface area (Å²) in [7, 11) is -3.48. The Morgan fingerprint density at radius 2 is 1.52 bits per heavy atom. The molecule has 3 aromatic rings. The lowest BCUT2D eigenvalue weighted by atomic mass is 9.58. The molecule has 3 aromatic carbocycles. The van der Waals surface area contributed by atoms with E-state index in [1.54, 1.807) is 42.5 Å². The van der Waals surface area contributed by atoms with Gasteiger partial charge in [0, 0.05) is 41.4 Å². The molecule has 4 heterocycles. The van der Waals surface area contributed by atoms with Crippen molar-refractivity contribution in [1.82, 2.24) is 0 Å². The number of ether oxygens (including phenoxy) is 3. The van der Waals surface area contributed by atoms with Crippen LogP contribution in [0.5, 0.6) is 0 Å². The number of esters is 1. The number of carbonyl (C=O) groups is 2. The smallest absolute Gasteiger partial charge is 0.308 e. The molecule has 17 nitrogen and oxygen atoms in total. The number of nitrogen functional groups attached to an aromatic ring is 2. The van der Waals surface area contributed by atoms with E-state index in [0.717, 1.165) is 19.3 Å². The highest BCUT2D eigenvalue weighted by atomic mass is 35.5. The zero-order chi connectivity index (χ0) is 45.6. The standard InChI is InChI=1S/C19H28O8.C12H12N2O2S.C11H15Cl2N5/c1-10-4-5-13-11(2)16(23-15(22)7-6-14(20)21)24-17-19(13)12(10)8-9-18(3,25-17)26-27-19;13-9-1-5-11(6-2-9)17(15,16)12-7-3-10(14)4-8-12;1-6(2)16-10(14)18-11(15)17-7-3-4-8(12)9(13)5-7/h10-13,16-17H,4-9H2,1-3H3,(H,20,21);1-8H,13-14H2;3-6H,1-2H3,(H5,14,15,16,17,18)/t10-,11-,12+,13+,16-,17-,18-,19-;;/m1../s1. The van der Waals surface area contributed by atoms with Gasteiger partial charge in [0.05, 0.1) is 32.7 Å². The van der Waals surface area contributed by atoms with Crippen LogP contribution in [-0.4, -0.2) is 67.4 Å². The predicted molar refractivity (Wildman–Crippen MR) is 235 cm³/mol. The number of carbonyl (C=O) groups excluding carboxylic acids is 1. The third-order valence-corrected chi connectivity index (χ3v) is 13.6. The molecular formula is C42H55Cl2N7O10S. The van der Waals surface area contributed by atoms with Gasteiger partial charge < -0.3 is 47.6 Å². The highest BCUT2D eigenvalue weighted by Gasteiger charge is 2.69. The summed E-state index contributed by atoms with van der Waals surface area (Å²) in [5.74, 6) is -1.57. The van der Waals surface area contributed by atoms with E-state index < -0.39 is 45.7 Å². The van der Waals surface area contributed by atoms with E-state index in [1.165, 1.54) is 24.3 Å². The van der Waals surface area contributed by atoms with Gasteiger partial charge in [0.1, 0.15) is 0 Å². The summed E-state index contributed by atoms with van der Waals surface area (Å²) in [6.45, 7) is 9.85. The van der Waals surface area contributed by atoms with Crippen LogP contribution in [0.1, 0.15) is 73.1 Å². The number of aliphatic imine (C=N–C) groups is 2. The Labute approximate surface area is 371 Å². The highest BCUT2D eigenvalue weighted by Crippen LogP contribution is 2.60. The molecule has 1 spiro atoms. The summed E-state index contributed by atoms with van der Waals surface area (Å²) in [5.41, 5.74) is 23.3. The zero-order valence-electron chi connectivity index (χ0n) is 35.1. The number of anilines is 3. The van der Waals surface area contributed by atoms with Crippen LogP contribution in [0.2, 0.25) is 10.0 Å². The maximum atomic E-state index is 12.2. The van der Waals surface area contributed by atoms with Crippen LogP contribution in [0.4, 0.5) is 17.1 Å². The second-order valence-electron chi connectivity index (χ2n) is 16.1. The van der Waals surface area contributed by atoms with Crippen molar-refractivity contribution in [2.45, 2.75) is 113 Å². The molecule has 10 N–H and O–H groups in total. The lowest BCUT2D eigenvalue weighted by molar-refractivity contribution is -0.576. The summed E-state index contributed by atoms with van der Waals surface area (Å²) in [5, 5.41) is 12.5. The van der Waals surface area contributed by atoms with Crippen molar-refractivity contribution in [3.63, 3.8) is 0 Å². The van der Waals surface area contributed by atoms with Crippen LogP contribution in [-0.2, 0) is 43.4 Å². The lowest BCUT2D eigenvalue weighted by Crippen LogP contribution is -2.70. The van der Waals surface area contributed by atoms with Gasteiger partial charge in [-0.1, -0.05) is 37.0 Å². The fourth-order valence-electron chi connectivity index (χ4n) is 8.00. The lowest BCUT2D eigenvalue weighted by Gasteiger charge is -2.59. The van der Waals surface area contributed by atoms with Crippen molar-refractivity contribution in [2.24, 2.45) is 45.1 Å². The van der Waals surface area contributed by atoms with Gasteiger partial charge in [0.25, 0.3) is 0 Å². The number of nitrogens with two attached hydrogens (primary N) is 4. The Morgan fingerprint density at radius 1 is 0.903 bits per heavy atom. The first kappa shape index (κ1) is 48.3. The van der Waals surface area contributed by atoms with Crippen molar-refractivity contribution in [3.05, 3.63) is 76.8 Å².